The molecule has 0 aliphatic carbocycles. The van der Waals surface area contributed by atoms with Crippen LogP contribution in [0.4, 0.5) is 4.79 Å². The van der Waals surface area contributed by atoms with E-state index >= 15 is 0 Å². The summed E-state index contributed by atoms with van der Waals surface area (Å²) < 4.78 is 0. The molecule has 2 rings (SSSR count). The Balaban J connectivity index is 1.84. The normalized spacial score (nSPS) is 22.6. The van der Waals surface area contributed by atoms with Gasteiger partial charge in [0.15, 0.2) is 0 Å². The molecule has 6 nitrogen and oxygen atoms in total. The van der Waals surface area contributed by atoms with Crippen LogP contribution in [0.3, 0.4) is 0 Å². The summed E-state index contributed by atoms with van der Waals surface area (Å²) in [6.07, 6.45) is 0.0669. The van der Waals surface area contributed by atoms with E-state index in [-0.39, 0.29) is 18.4 Å². The molecule has 1 aliphatic heterocycles. The van der Waals surface area contributed by atoms with Crippen molar-refractivity contribution in [1.29, 1.82) is 0 Å². The number of carbonyl (C=O) groups excluding carboxylic acids is 3. The van der Waals surface area contributed by atoms with E-state index in [1.54, 1.807) is 18.3 Å². The molecule has 1 aliphatic rings. The van der Waals surface area contributed by atoms with Gasteiger partial charge < -0.3 is 10.6 Å². The second kappa shape index (κ2) is 5.83. The zero-order chi connectivity index (χ0) is 13.8. The summed E-state index contributed by atoms with van der Waals surface area (Å²) in [5, 5.41) is 11.4. The number of urea groups is 1. The lowest BCUT2D eigenvalue weighted by Crippen LogP contribution is -2.57. The van der Waals surface area contributed by atoms with Crippen LogP contribution in [0, 0.1) is 5.92 Å². The number of amides is 4. The molecule has 1 fully saturated rings. The molecule has 19 heavy (non-hydrogen) atoms. The first-order valence-corrected chi connectivity index (χ1v) is 6.89. The van der Waals surface area contributed by atoms with Crippen molar-refractivity contribution in [2.75, 3.05) is 0 Å². The van der Waals surface area contributed by atoms with Gasteiger partial charge in [0.2, 0.25) is 11.8 Å². The van der Waals surface area contributed by atoms with Gasteiger partial charge in [-0.2, -0.15) is 11.3 Å². The number of hydrogen-bond donors (Lipinski definition) is 3. The van der Waals surface area contributed by atoms with Crippen LogP contribution < -0.4 is 16.0 Å². The first-order valence-electron chi connectivity index (χ1n) is 5.95. The third-order valence-corrected chi connectivity index (χ3v) is 3.74. The van der Waals surface area contributed by atoms with E-state index in [1.165, 1.54) is 0 Å². The average Bonchev–Trinajstić information content (AvgIpc) is 2.84. The Labute approximate surface area is 114 Å². The minimum atomic E-state index is -0.528. The van der Waals surface area contributed by atoms with Gasteiger partial charge in [0.05, 0.1) is 5.92 Å². The SMILES string of the molecule is CC1NC(=O)NC(=O)C1CC(=O)NCc1ccsc1. The molecule has 0 spiro atoms. The molecule has 0 aromatic carbocycles. The molecule has 2 heterocycles. The quantitative estimate of drug-likeness (QED) is 0.755. The number of carbonyl (C=O) groups is 3. The second-order valence-electron chi connectivity index (χ2n) is 4.47. The predicted molar refractivity (Wildman–Crippen MR) is 70.4 cm³/mol. The van der Waals surface area contributed by atoms with Gasteiger partial charge in [-0.1, -0.05) is 0 Å². The highest BCUT2D eigenvalue weighted by Gasteiger charge is 2.33. The summed E-state index contributed by atoms with van der Waals surface area (Å²) in [6, 6.07) is 1.08. The summed E-state index contributed by atoms with van der Waals surface area (Å²) in [5.41, 5.74) is 1.03. The first-order chi connectivity index (χ1) is 9.06. The molecule has 102 valence electrons. The second-order valence-corrected chi connectivity index (χ2v) is 5.25. The lowest BCUT2D eigenvalue weighted by Gasteiger charge is -2.28. The maximum absolute atomic E-state index is 11.8. The van der Waals surface area contributed by atoms with Gasteiger partial charge in [0.25, 0.3) is 0 Å². The van der Waals surface area contributed by atoms with Crippen LogP contribution in [0.25, 0.3) is 0 Å². The van der Waals surface area contributed by atoms with Crippen LogP contribution >= 0.6 is 11.3 Å². The molecule has 2 unspecified atom stereocenters. The number of imide groups is 1. The van der Waals surface area contributed by atoms with Crippen molar-refractivity contribution in [1.82, 2.24) is 16.0 Å². The fourth-order valence-corrected chi connectivity index (χ4v) is 2.58. The highest BCUT2D eigenvalue weighted by molar-refractivity contribution is 7.07. The smallest absolute Gasteiger partial charge is 0.321 e. The van der Waals surface area contributed by atoms with Crippen LogP contribution in [0.1, 0.15) is 18.9 Å². The summed E-state index contributed by atoms with van der Waals surface area (Å²) in [7, 11) is 0. The number of rotatable bonds is 4. The monoisotopic (exact) mass is 281 g/mol. The van der Waals surface area contributed by atoms with Gasteiger partial charge in [-0.25, -0.2) is 4.79 Å². The molecule has 0 bridgehead atoms. The van der Waals surface area contributed by atoms with E-state index in [1.807, 2.05) is 16.8 Å². The Morgan fingerprint density at radius 2 is 2.26 bits per heavy atom. The fourth-order valence-electron chi connectivity index (χ4n) is 1.91. The lowest BCUT2D eigenvalue weighted by molar-refractivity contribution is -0.131. The molecule has 2 atom stereocenters. The summed E-state index contributed by atoms with van der Waals surface area (Å²) in [4.78, 5) is 34.5. The third-order valence-electron chi connectivity index (χ3n) is 3.01. The Morgan fingerprint density at radius 3 is 2.89 bits per heavy atom. The van der Waals surface area contributed by atoms with E-state index in [0.29, 0.717) is 6.54 Å². The minimum absolute atomic E-state index is 0.0669. The molecule has 1 saturated heterocycles. The maximum atomic E-state index is 11.8. The molecular formula is C12H15N3O3S. The van der Waals surface area contributed by atoms with Crippen LogP contribution in [-0.2, 0) is 16.1 Å². The van der Waals surface area contributed by atoms with Crippen molar-refractivity contribution in [3.8, 4) is 0 Å². The minimum Gasteiger partial charge on any atom is -0.352 e. The molecule has 3 N–H and O–H groups in total. The van der Waals surface area contributed by atoms with Gasteiger partial charge >= 0.3 is 6.03 Å². The van der Waals surface area contributed by atoms with E-state index < -0.39 is 17.9 Å². The molecular weight excluding hydrogens is 266 g/mol. The van der Waals surface area contributed by atoms with Crippen molar-refractivity contribution in [2.24, 2.45) is 5.92 Å². The largest absolute Gasteiger partial charge is 0.352 e. The fraction of sp³-hybridized carbons (Fsp3) is 0.417. The third kappa shape index (κ3) is 3.54. The summed E-state index contributed by atoms with van der Waals surface area (Å²) in [6.45, 7) is 2.17. The van der Waals surface area contributed by atoms with Gasteiger partial charge in [0.1, 0.15) is 0 Å². The van der Waals surface area contributed by atoms with E-state index in [4.69, 9.17) is 0 Å². The highest BCUT2D eigenvalue weighted by atomic mass is 32.1. The summed E-state index contributed by atoms with van der Waals surface area (Å²) in [5.74, 6) is -1.13. The van der Waals surface area contributed by atoms with E-state index in [0.717, 1.165) is 5.56 Å². The Hall–Kier alpha value is -1.89. The van der Waals surface area contributed by atoms with E-state index in [9.17, 15) is 14.4 Å². The van der Waals surface area contributed by atoms with Crippen LogP contribution in [0.15, 0.2) is 16.8 Å². The number of hydrogen-bond acceptors (Lipinski definition) is 4. The Bertz CT molecular complexity index is 486. The van der Waals surface area contributed by atoms with E-state index in [2.05, 4.69) is 16.0 Å². The number of nitrogens with one attached hydrogen (secondary N) is 3. The maximum Gasteiger partial charge on any atom is 0.321 e. The Morgan fingerprint density at radius 1 is 1.47 bits per heavy atom. The molecule has 0 saturated carbocycles. The molecule has 0 radical (unpaired) electrons. The topological polar surface area (TPSA) is 87.3 Å². The molecule has 1 aromatic heterocycles. The van der Waals surface area contributed by atoms with Crippen LogP contribution in [0.5, 0.6) is 0 Å². The zero-order valence-corrected chi connectivity index (χ0v) is 11.3. The van der Waals surface area contributed by atoms with Crippen molar-refractivity contribution < 1.29 is 14.4 Å². The zero-order valence-electron chi connectivity index (χ0n) is 10.4. The average molecular weight is 281 g/mol. The number of thiophene rings is 1. The van der Waals surface area contributed by atoms with Gasteiger partial charge in [0, 0.05) is 19.0 Å². The van der Waals surface area contributed by atoms with Crippen LogP contribution in [-0.4, -0.2) is 23.9 Å². The van der Waals surface area contributed by atoms with Gasteiger partial charge in [-0.3, -0.25) is 14.9 Å². The molecule has 7 heteroatoms. The van der Waals surface area contributed by atoms with Crippen molar-refractivity contribution >= 4 is 29.2 Å². The summed E-state index contributed by atoms with van der Waals surface area (Å²) >= 11 is 1.57. The predicted octanol–water partition coefficient (Wildman–Crippen LogP) is 0.599. The lowest BCUT2D eigenvalue weighted by atomic mass is 9.94. The van der Waals surface area contributed by atoms with Gasteiger partial charge in [-0.15, -0.1) is 0 Å². The Kier molecular flexibility index (Phi) is 4.16. The van der Waals surface area contributed by atoms with Crippen molar-refractivity contribution in [3.05, 3.63) is 22.4 Å². The highest BCUT2D eigenvalue weighted by Crippen LogP contribution is 2.13. The van der Waals surface area contributed by atoms with Crippen molar-refractivity contribution in [2.45, 2.75) is 25.9 Å². The molecule has 1 aromatic rings. The molecule has 4 amide bonds. The van der Waals surface area contributed by atoms with Gasteiger partial charge in [-0.05, 0) is 29.3 Å². The van der Waals surface area contributed by atoms with Crippen LogP contribution in [0.2, 0.25) is 0 Å². The standard InChI is InChI=1S/C12H15N3O3S/c1-7-9(11(17)15-12(18)14-7)4-10(16)13-5-8-2-3-19-6-8/h2-3,6-7,9H,4-5H2,1H3,(H,13,16)(H2,14,15,17,18). The van der Waals surface area contributed by atoms with Crippen molar-refractivity contribution in [3.63, 3.8) is 0 Å². The first kappa shape index (κ1) is 13.5.